The van der Waals surface area contributed by atoms with Gasteiger partial charge in [-0.15, -0.1) is 0 Å². The number of benzene rings is 1. The fourth-order valence-electron chi connectivity index (χ4n) is 2.86. The van der Waals surface area contributed by atoms with Gasteiger partial charge in [0.25, 0.3) is 5.91 Å². The highest BCUT2D eigenvalue weighted by molar-refractivity contribution is 6.04. The average molecular weight is 345 g/mol. The Morgan fingerprint density at radius 1 is 1.20 bits per heavy atom. The molecule has 1 fully saturated rings. The van der Waals surface area contributed by atoms with Gasteiger partial charge in [0, 0.05) is 13.0 Å². The van der Waals surface area contributed by atoms with Crippen molar-refractivity contribution >= 4 is 17.8 Å². The van der Waals surface area contributed by atoms with E-state index in [9.17, 15) is 14.4 Å². The van der Waals surface area contributed by atoms with Crippen LogP contribution in [0.15, 0.2) is 30.3 Å². The summed E-state index contributed by atoms with van der Waals surface area (Å²) in [6.45, 7) is 6.66. The molecule has 0 saturated carbocycles. The minimum Gasteiger partial charge on any atom is -0.356 e. The molecule has 0 unspecified atom stereocenters. The summed E-state index contributed by atoms with van der Waals surface area (Å²) in [6, 6.07) is 8.07. The highest BCUT2D eigenvalue weighted by Gasteiger charge is 2.40. The molecule has 6 nitrogen and oxygen atoms in total. The van der Waals surface area contributed by atoms with Crippen LogP contribution in [0.4, 0.5) is 4.79 Å². The summed E-state index contributed by atoms with van der Waals surface area (Å²) in [4.78, 5) is 37.9. The van der Waals surface area contributed by atoms with Crippen LogP contribution in [0.5, 0.6) is 0 Å². The van der Waals surface area contributed by atoms with E-state index in [1.54, 1.807) is 0 Å². The van der Waals surface area contributed by atoms with Crippen LogP contribution >= 0.6 is 0 Å². The molecule has 0 radical (unpaired) electrons. The normalized spacial score (nSPS) is 18.4. The third-order valence-corrected chi connectivity index (χ3v) is 4.43. The van der Waals surface area contributed by atoms with E-state index in [1.165, 1.54) is 4.90 Å². The molecule has 1 saturated heterocycles. The fraction of sp³-hybridized carbons (Fsp3) is 0.526. The molecule has 4 amide bonds. The van der Waals surface area contributed by atoms with E-state index in [0.29, 0.717) is 18.9 Å². The molecule has 2 rings (SSSR count). The Morgan fingerprint density at radius 3 is 2.52 bits per heavy atom. The van der Waals surface area contributed by atoms with E-state index in [-0.39, 0.29) is 24.3 Å². The third-order valence-electron chi connectivity index (χ3n) is 4.43. The monoisotopic (exact) mass is 345 g/mol. The van der Waals surface area contributed by atoms with Crippen molar-refractivity contribution in [2.45, 2.75) is 52.1 Å². The first-order valence-electron chi connectivity index (χ1n) is 8.85. The van der Waals surface area contributed by atoms with Crippen molar-refractivity contribution in [3.05, 3.63) is 35.9 Å². The Morgan fingerprint density at radius 2 is 1.88 bits per heavy atom. The van der Waals surface area contributed by atoms with Crippen molar-refractivity contribution in [1.82, 2.24) is 15.5 Å². The molecule has 25 heavy (non-hydrogen) atoms. The van der Waals surface area contributed by atoms with Gasteiger partial charge in [-0.2, -0.15) is 0 Å². The van der Waals surface area contributed by atoms with Gasteiger partial charge in [-0.3, -0.25) is 14.5 Å². The molecule has 1 aromatic carbocycles. The molecule has 1 heterocycles. The van der Waals surface area contributed by atoms with E-state index in [2.05, 4.69) is 24.5 Å². The summed E-state index contributed by atoms with van der Waals surface area (Å²) in [6.07, 6.45) is 1.46. The zero-order chi connectivity index (χ0) is 18.4. The maximum absolute atomic E-state index is 12.6. The minimum atomic E-state index is -0.630. The number of carbonyl (C=O) groups excluding carboxylic acids is 3. The first-order chi connectivity index (χ1) is 11.9. The maximum atomic E-state index is 12.6. The predicted octanol–water partition coefficient (Wildman–Crippen LogP) is 2.61. The molecule has 1 aromatic rings. The van der Waals surface area contributed by atoms with Gasteiger partial charge >= 0.3 is 6.03 Å². The molecule has 1 aliphatic heterocycles. The second-order valence-corrected chi connectivity index (χ2v) is 6.87. The number of hydrogen-bond donors (Lipinski definition) is 2. The fourth-order valence-corrected chi connectivity index (χ4v) is 2.86. The number of imide groups is 1. The van der Waals surface area contributed by atoms with E-state index in [4.69, 9.17) is 0 Å². The summed E-state index contributed by atoms with van der Waals surface area (Å²) in [5, 5.41) is 5.54. The Kier molecular flexibility index (Phi) is 6.56. The Labute approximate surface area is 149 Å². The first kappa shape index (κ1) is 19.0. The topological polar surface area (TPSA) is 78.5 Å². The van der Waals surface area contributed by atoms with Crippen LogP contribution in [0.3, 0.4) is 0 Å². The van der Waals surface area contributed by atoms with Crippen molar-refractivity contribution in [2.24, 2.45) is 5.92 Å². The quantitative estimate of drug-likeness (QED) is 0.711. The molecule has 6 heteroatoms. The number of amides is 4. The Hall–Kier alpha value is -2.37. The lowest BCUT2D eigenvalue weighted by atomic mass is 10.1. The smallest absolute Gasteiger partial charge is 0.325 e. The molecule has 0 aliphatic carbocycles. The predicted molar refractivity (Wildman–Crippen MR) is 95.7 cm³/mol. The van der Waals surface area contributed by atoms with Crippen LogP contribution in [-0.2, 0) is 9.59 Å². The number of carbonyl (C=O) groups is 3. The highest BCUT2D eigenvalue weighted by Crippen LogP contribution is 2.25. The first-order valence-corrected chi connectivity index (χ1v) is 8.85. The van der Waals surface area contributed by atoms with E-state index < -0.39 is 12.1 Å². The largest absolute Gasteiger partial charge is 0.356 e. The molecule has 0 spiro atoms. The Bertz CT molecular complexity index is 616. The lowest BCUT2D eigenvalue weighted by Crippen LogP contribution is -2.34. The van der Waals surface area contributed by atoms with Gasteiger partial charge in [-0.25, -0.2) is 4.79 Å². The summed E-state index contributed by atoms with van der Waals surface area (Å²) < 4.78 is 0. The van der Waals surface area contributed by atoms with Crippen LogP contribution in [-0.4, -0.2) is 35.3 Å². The van der Waals surface area contributed by atoms with Gasteiger partial charge in [-0.05, 0) is 31.2 Å². The zero-order valence-corrected chi connectivity index (χ0v) is 15.1. The van der Waals surface area contributed by atoms with Gasteiger partial charge < -0.3 is 10.6 Å². The molecular formula is C19H27N3O3. The van der Waals surface area contributed by atoms with E-state index >= 15 is 0 Å². The molecule has 0 aromatic heterocycles. The maximum Gasteiger partial charge on any atom is 0.325 e. The van der Waals surface area contributed by atoms with Crippen molar-refractivity contribution in [3.8, 4) is 0 Å². The lowest BCUT2D eigenvalue weighted by molar-refractivity contribution is -0.129. The highest BCUT2D eigenvalue weighted by atomic mass is 16.2. The second-order valence-electron chi connectivity index (χ2n) is 6.87. The van der Waals surface area contributed by atoms with Crippen LogP contribution in [0.1, 0.15) is 51.6 Å². The SMILES string of the molecule is CC(C)CCNC(=O)CC[C@@H]1NC(=O)N([C@H](C)c2ccccc2)C1=O. The molecular weight excluding hydrogens is 318 g/mol. The van der Waals surface area contributed by atoms with Crippen molar-refractivity contribution < 1.29 is 14.4 Å². The summed E-state index contributed by atoms with van der Waals surface area (Å²) in [5.74, 6) is 0.178. The van der Waals surface area contributed by atoms with Gasteiger partial charge in [-0.1, -0.05) is 44.2 Å². The molecule has 136 valence electrons. The average Bonchev–Trinajstić information content (AvgIpc) is 2.86. The van der Waals surface area contributed by atoms with Crippen LogP contribution in [0.25, 0.3) is 0 Å². The number of nitrogens with zero attached hydrogens (tertiary/aromatic N) is 1. The lowest BCUT2D eigenvalue weighted by Gasteiger charge is -2.21. The molecule has 2 N–H and O–H groups in total. The van der Waals surface area contributed by atoms with Gasteiger partial charge in [0.05, 0.1) is 6.04 Å². The summed E-state index contributed by atoms with van der Waals surface area (Å²) in [7, 11) is 0. The van der Waals surface area contributed by atoms with E-state index in [1.807, 2.05) is 37.3 Å². The Balaban J connectivity index is 1.87. The van der Waals surface area contributed by atoms with Crippen molar-refractivity contribution in [2.75, 3.05) is 6.54 Å². The third kappa shape index (κ3) is 5.05. The van der Waals surface area contributed by atoms with Gasteiger partial charge in [0.2, 0.25) is 5.91 Å². The van der Waals surface area contributed by atoms with Gasteiger partial charge in [0.1, 0.15) is 6.04 Å². The molecule has 2 atom stereocenters. The summed E-state index contributed by atoms with van der Waals surface area (Å²) in [5.41, 5.74) is 0.901. The van der Waals surface area contributed by atoms with Crippen molar-refractivity contribution in [3.63, 3.8) is 0 Å². The minimum absolute atomic E-state index is 0.0859. The van der Waals surface area contributed by atoms with Crippen LogP contribution in [0, 0.1) is 5.92 Å². The number of rotatable bonds is 8. The number of nitrogens with one attached hydrogen (secondary N) is 2. The zero-order valence-electron chi connectivity index (χ0n) is 15.1. The summed E-state index contributed by atoms with van der Waals surface area (Å²) >= 11 is 0. The van der Waals surface area contributed by atoms with Crippen LogP contribution < -0.4 is 10.6 Å². The molecule has 0 bridgehead atoms. The second kappa shape index (κ2) is 8.65. The van der Waals surface area contributed by atoms with Gasteiger partial charge in [0.15, 0.2) is 0 Å². The van der Waals surface area contributed by atoms with E-state index in [0.717, 1.165) is 12.0 Å². The van der Waals surface area contributed by atoms with Crippen molar-refractivity contribution in [1.29, 1.82) is 0 Å². The molecule has 1 aliphatic rings. The van der Waals surface area contributed by atoms with Crippen LogP contribution in [0.2, 0.25) is 0 Å². The number of hydrogen-bond acceptors (Lipinski definition) is 3. The standard InChI is InChI=1S/C19H27N3O3/c1-13(2)11-12-20-17(23)10-9-16-18(24)22(19(25)21-16)14(3)15-7-5-4-6-8-15/h4-8,13-14,16H,9-12H2,1-3H3,(H,20,23)(H,21,25)/t14-,16+/m1/s1. The number of urea groups is 1.